The van der Waals surface area contributed by atoms with Gasteiger partial charge in [0.25, 0.3) is 0 Å². The molecule has 0 aromatic heterocycles. The summed E-state index contributed by atoms with van der Waals surface area (Å²) >= 11 is 0. The average Bonchev–Trinajstić information content (AvgIpc) is 2.92. The molecule has 0 saturated carbocycles. The molecule has 1 rings (SSSR count). The number of benzene rings is 1. The van der Waals surface area contributed by atoms with Crippen LogP contribution < -0.4 is 36.8 Å². The average molecular weight is 655 g/mol. The summed E-state index contributed by atoms with van der Waals surface area (Å²) < 4.78 is 15.5. The van der Waals surface area contributed by atoms with Gasteiger partial charge >= 0.3 is 7.82 Å². The van der Waals surface area contributed by atoms with Crippen LogP contribution in [0.5, 0.6) is 5.75 Å². The molecule has 45 heavy (non-hydrogen) atoms. The number of hydrogen-bond donors (Lipinski definition) is 8. The van der Waals surface area contributed by atoms with Crippen LogP contribution in [-0.2, 0) is 39.8 Å². The first-order chi connectivity index (χ1) is 21.0. The lowest BCUT2D eigenvalue weighted by Crippen LogP contribution is -2.55. The summed E-state index contributed by atoms with van der Waals surface area (Å²) in [4.78, 5) is 92.5. The molecule has 6 amide bonds. The van der Waals surface area contributed by atoms with E-state index in [0.717, 1.165) is 0 Å². The van der Waals surface area contributed by atoms with Crippen molar-refractivity contribution >= 4 is 43.3 Å². The topological polar surface area (TPSA) is 255 Å². The van der Waals surface area contributed by atoms with E-state index in [0.29, 0.717) is 24.9 Å². The molecule has 0 saturated heterocycles. The lowest BCUT2D eigenvalue weighted by atomic mass is 10.0. The van der Waals surface area contributed by atoms with E-state index >= 15 is 0 Å². The molecule has 0 unspecified atom stereocenters. The number of phosphoric acid groups is 1. The Morgan fingerprint density at radius 2 is 1.56 bits per heavy atom. The molecule has 0 spiro atoms. The Balaban J connectivity index is 2.96. The van der Waals surface area contributed by atoms with Crippen LogP contribution in [0.2, 0.25) is 0 Å². The van der Waals surface area contributed by atoms with Gasteiger partial charge in [-0.2, -0.15) is 0 Å². The highest BCUT2D eigenvalue weighted by Crippen LogP contribution is 2.37. The van der Waals surface area contributed by atoms with E-state index in [9.17, 15) is 33.3 Å². The fourth-order valence-electron chi connectivity index (χ4n) is 4.00. The van der Waals surface area contributed by atoms with Crippen molar-refractivity contribution in [2.45, 2.75) is 71.0 Å². The lowest BCUT2D eigenvalue weighted by molar-refractivity contribution is -0.133. The summed E-state index contributed by atoms with van der Waals surface area (Å²) in [5, 5.41) is 12.6. The molecule has 1 aromatic carbocycles. The van der Waals surface area contributed by atoms with Crippen LogP contribution >= 0.6 is 7.82 Å². The van der Waals surface area contributed by atoms with Crippen LogP contribution in [0.15, 0.2) is 36.9 Å². The zero-order chi connectivity index (χ0) is 34.2. The molecule has 16 nitrogen and oxygen atoms in total. The summed E-state index contributed by atoms with van der Waals surface area (Å²) in [6.07, 6.45) is 1.96. The Labute approximate surface area is 261 Å². The Kier molecular flexibility index (Phi) is 16.5. The third-order valence-electron chi connectivity index (χ3n) is 6.02. The highest BCUT2D eigenvalue weighted by atomic mass is 31.2. The van der Waals surface area contributed by atoms with Crippen molar-refractivity contribution in [1.82, 2.24) is 26.6 Å². The fourth-order valence-corrected chi connectivity index (χ4v) is 4.40. The Morgan fingerprint density at radius 1 is 0.933 bits per heavy atom. The Morgan fingerprint density at radius 3 is 2.09 bits per heavy atom. The zero-order valence-corrected chi connectivity index (χ0v) is 26.4. The first kappa shape index (κ1) is 38.8. The summed E-state index contributed by atoms with van der Waals surface area (Å²) in [6.45, 7) is 8.35. The third-order valence-corrected chi connectivity index (χ3v) is 6.47. The maximum Gasteiger partial charge on any atom is 0.524 e. The van der Waals surface area contributed by atoms with E-state index in [2.05, 4.69) is 37.7 Å². The first-order valence-corrected chi connectivity index (χ1v) is 15.7. The molecular formula is C28H43N6O10P. The van der Waals surface area contributed by atoms with Crippen molar-refractivity contribution in [2.75, 3.05) is 13.1 Å². The molecule has 9 N–H and O–H groups in total. The number of phosphoric ester groups is 1. The molecule has 250 valence electrons. The van der Waals surface area contributed by atoms with Gasteiger partial charge in [0.2, 0.25) is 35.4 Å². The quantitative estimate of drug-likeness (QED) is 0.0498. The van der Waals surface area contributed by atoms with Gasteiger partial charge < -0.3 is 36.8 Å². The zero-order valence-electron chi connectivity index (χ0n) is 25.5. The largest absolute Gasteiger partial charge is 0.524 e. The molecule has 0 aliphatic rings. The molecule has 17 heteroatoms. The second kappa shape index (κ2) is 19.2. The lowest BCUT2D eigenvalue weighted by Gasteiger charge is -2.23. The van der Waals surface area contributed by atoms with Crippen LogP contribution in [0.4, 0.5) is 0 Å². The van der Waals surface area contributed by atoms with Crippen molar-refractivity contribution < 1.29 is 47.6 Å². The van der Waals surface area contributed by atoms with E-state index in [1.54, 1.807) is 6.08 Å². The number of carbonyl (C=O) groups excluding carboxylic acids is 6. The van der Waals surface area contributed by atoms with Crippen LogP contribution in [0, 0.1) is 5.92 Å². The maximum atomic E-state index is 13.2. The van der Waals surface area contributed by atoms with Gasteiger partial charge in [-0.25, -0.2) is 4.57 Å². The van der Waals surface area contributed by atoms with Gasteiger partial charge in [0.15, 0.2) is 0 Å². The molecule has 0 bridgehead atoms. The standard InChI is InChI=1S/C28H43N6O10P/c1-5-6-13-30-27(39)22(14-17(2)3)33-25(37)16-31-26(38)21(11-12-24(29)36)34-28(40)23(32-18(4)35)15-19-7-9-20(10-8-19)44-45(41,42)43/h5,7-10,17,21-23H,1,6,11-16H2,2-4H3,(H2,29,36)(H,30,39)(H,31,38)(H,32,35)(H,33,37)(H,34,40)(H2,41,42,43)/t21-,22-,23-/m0/s1. The minimum atomic E-state index is -4.78. The van der Waals surface area contributed by atoms with E-state index in [1.807, 2.05) is 13.8 Å². The highest BCUT2D eigenvalue weighted by molar-refractivity contribution is 7.46. The minimum absolute atomic E-state index is 0.0750. The Bertz CT molecular complexity index is 1250. The third kappa shape index (κ3) is 17.0. The second-order valence-corrected chi connectivity index (χ2v) is 11.7. The van der Waals surface area contributed by atoms with Crippen LogP contribution in [0.25, 0.3) is 0 Å². The molecule has 0 fully saturated rings. The summed E-state index contributed by atoms with van der Waals surface area (Å²) in [5.41, 5.74) is 5.71. The van der Waals surface area contributed by atoms with Gasteiger partial charge in [-0.1, -0.05) is 32.1 Å². The predicted octanol–water partition coefficient (Wildman–Crippen LogP) is -0.705. The van der Waals surface area contributed by atoms with Crippen molar-refractivity contribution in [3.63, 3.8) is 0 Å². The number of hydrogen-bond acceptors (Lipinski definition) is 8. The first-order valence-electron chi connectivity index (χ1n) is 14.2. The molecular weight excluding hydrogens is 611 g/mol. The second-order valence-electron chi connectivity index (χ2n) is 10.6. The molecule has 0 radical (unpaired) electrons. The highest BCUT2D eigenvalue weighted by Gasteiger charge is 2.28. The minimum Gasteiger partial charge on any atom is -0.404 e. The van der Waals surface area contributed by atoms with Crippen LogP contribution in [0.1, 0.15) is 52.0 Å². The molecule has 0 aliphatic carbocycles. The number of amides is 6. The van der Waals surface area contributed by atoms with Crippen LogP contribution in [0.3, 0.4) is 0 Å². The maximum absolute atomic E-state index is 13.2. The molecule has 0 aliphatic heterocycles. The van der Waals surface area contributed by atoms with E-state index < -0.39 is 62.0 Å². The van der Waals surface area contributed by atoms with E-state index in [-0.39, 0.29) is 36.8 Å². The molecule has 3 atom stereocenters. The van der Waals surface area contributed by atoms with Crippen molar-refractivity contribution in [3.05, 3.63) is 42.5 Å². The number of carbonyl (C=O) groups is 6. The van der Waals surface area contributed by atoms with Gasteiger partial charge in [0, 0.05) is 26.3 Å². The predicted molar refractivity (Wildman–Crippen MR) is 163 cm³/mol. The fraction of sp³-hybridized carbons (Fsp3) is 0.500. The molecule has 1 aromatic rings. The normalized spacial score (nSPS) is 13.0. The van der Waals surface area contributed by atoms with Gasteiger partial charge in [0.05, 0.1) is 6.54 Å². The van der Waals surface area contributed by atoms with E-state index in [1.165, 1.54) is 31.2 Å². The summed E-state index contributed by atoms with van der Waals surface area (Å²) in [6, 6.07) is 2.02. The van der Waals surface area contributed by atoms with Gasteiger partial charge in [0.1, 0.15) is 23.9 Å². The van der Waals surface area contributed by atoms with Gasteiger partial charge in [-0.15, -0.1) is 6.58 Å². The van der Waals surface area contributed by atoms with Crippen molar-refractivity contribution in [1.29, 1.82) is 0 Å². The van der Waals surface area contributed by atoms with E-state index in [4.69, 9.17) is 15.5 Å². The van der Waals surface area contributed by atoms with Crippen molar-refractivity contribution in [3.8, 4) is 5.75 Å². The summed E-state index contributed by atoms with van der Waals surface area (Å²) in [5.74, 6) is -3.99. The van der Waals surface area contributed by atoms with Crippen molar-refractivity contribution in [2.24, 2.45) is 11.7 Å². The number of primary amides is 1. The smallest absolute Gasteiger partial charge is 0.404 e. The Hall–Kier alpha value is -4.27. The van der Waals surface area contributed by atoms with Gasteiger partial charge in [-0.3, -0.25) is 38.6 Å². The SMILES string of the molecule is C=CCCNC(=O)[C@H](CC(C)C)NC(=O)CNC(=O)[C@H](CCC(N)=O)NC(=O)[C@H](Cc1ccc(OP(=O)(O)O)cc1)NC(C)=O. The van der Waals surface area contributed by atoms with Gasteiger partial charge in [-0.05, 0) is 42.9 Å². The van der Waals surface area contributed by atoms with Crippen LogP contribution in [-0.4, -0.2) is 76.4 Å². The number of rotatable bonds is 20. The summed E-state index contributed by atoms with van der Waals surface area (Å²) in [7, 11) is -4.78. The number of nitrogens with two attached hydrogens (primary N) is 1. The monoisotopic (exact) mass is 654 g/mol. The molecule has 0 heterocycles. The number of nitrogens with one attached hydrogen (secondary N) is 5.